The van der Waals surface area contributed by atoms with Crippen LogP contribution in [0.4, 0.5) is 5.69 Å². The number of fused-ring (bicyclic) bond motifs is 2. The van der Waals surface area contributed by atoms with Crippen LogP contribution >= 0.6 is 11.6 Å². The van der Waals surface area contributed by atoms with Crippen LogP contribution in [0.15, 0.2) is 59.6 Å². The predicted molar refractivity (Wildman–Crippen MR) is 130 cm³/mol. The molecule has 34 heavy (non-hydrogen) atoms. The Hall–Kier alpha value is -3.27. The Bertz CT molecular complexity index is 1550. The number of benzene rings is 2. The third-order valence-electron chi connectivity index (χ3n) is 6.03. The third kappa shape index (κ3) is 3.96. The zero-order valence-corrected chi connectivity index (χ0v) is 20.2. The van der Waals surface area contributed by atoms with Crippen molar-refractivity contribution in [2.24, 2.45) is 7.05 Å². The van der Waals surface area contributed by atoms with Crippen LogP contribution < -0.4 is 5.32 Å². The van der Waals surface area contributed by atoms with Gasteiger partial charge in [-0.3, -0.25) is 9.48 Å². The predicted octanol–water partition coefficient (Wildman–Crippen LogP) is 3.93. The highest BCUT2D eigenvalue weighted by molar-refractivity contribution is 7.89. The zero-order valence-electron chi connectivity index (χ0n) is 18.6. The van der Waals surface area contributed by atoms with E-state index in [1.54, 1.807) is 24.0 Å². The summed E-state index contributed by atoms with van der Waals surface area (Å²) in [6.45, 7) is 2.48. The summed E-state index contributed by atoms with van der Waals surface area (Å²) in [5, 5.41) is 8.02. The van der Waals surface area contributed by atoms with Crippen LogP contribution in [0.5, 0.6) is 0 Å². The lowest BCUT2D eigenvalue weighted by Crippen LogP contribution is -2.36. The van der Waals surface area contributed by atoms with Crippen molar-refractivity contribution >= 4 is 44.3 Å². The number of carbonyl (C=O) groups excluding carboxylic acids is 1. The molecule has 0 saturated heterocycles. The van der Waals surface area contributed by atoms with Crippen LogP contribution in [0, 0.1) is 6.92 Å². The molecular weight excluding hydrogens is 474 g/mol. The van der Waals surface area contributed by atoms with Gasteiger partial charge in [-0.2, -0.15) is 9.40 Å². The van der Waals surface area contributed by atoms with E-state index in [2.05, 4.69) is 15.4 Å². The Kier molecular flexibility index (Phi) is 5.63. The summed E-state index contributed by atoms with van der Waals surface area (Å²) < 4.78 is 29.9. The van der Waals surface area contributed by atoms with E-state index in [9.17, 15) is 13.2 Å². The number of aryl methyl sites for hydroxylation is 2. The fourth-order valence-electron chi connectivity index (χ4n) is 4.24. The number of nitrogens with one attached hydrogen (secondary N) is 1. The van der Waals surface area contributed by atoms with Crippen LogP contribution in [0.25, 0.3) is 11.0 Å². The molecule has 0 aliphatic carbocycles. The van der Waals surface area contributed by atoms with Crippen molar-refractivity contribution in [3.63, 3.8) is 0 Å². The molecule has 0 radical (unpaired) electrons. The molecule has 2 aromatic heterocycles. The number of anilines is 1. The number of carbonyl (C=O) groups is 1. The number of sulfonamides is 1. The van der Waals surface area contributed by atoms with Gasteiger partial charge in [-0.25, -0.2) is 13.4 Å². The molecule has 2 aromatic carbocycles. The Morgan fingerprint density at radius 1 is 1.12 bits per heavy atom. The lowest BCUT2D eigenvalue weighted by Gasteiger charge is -2.28. The monoisotopic (exact) mass is 495 g/mol. The minimum atomic E-state index is -3.90. The molecule has 0 unspecified atom stereocenters. The van der Waals surface area contributed by atoms with Crippen molar-refractivity contribution < 1.29 is 13.2 Å². The van der Waals surface area contributed by atoms with E-state index in [1.807, 2.05) is 31.2 Å². The summed E-state index contributed by atoms with van der Waals surface area (Å²) >= 11 is 6.29. The summed E-state index contributed by atoms with van der Waals surface area (Å²) in [6.07, 6.45) is 2.16. The van der Waals surface area contributed by atoms with Gasteiger partial charge in [0.25, 0.3) is 5.91 Å². The fraction of sp³-hybridized carbons (Fsp3) is 0.208. The quantitative estimate of drug-likeness (QED) is 0.462. The molecular formula is C24H22ClN5O3S. The van der Waals surface area contributed by atoms with Gasteiger partial charge in [0.1, 0.15) is 4.90 Å². The van der Waals surface area contributed by atoms with E-state index in [-0.39, 0.29) is 22.0 Å². The highest BCUT2D eigenvalue weighted by Crippen LogP contribution is 2.30. The minimum Gasteiger partial charge on any atom is -0.321 e. The lowest BCUT2D eigenvalue weighted by molar-refractivity contribution is 0.102. The molecule has 8 nitrogen and oxygen atoms in total. The maximum atomic E-state index is 13.4. The van der Waals surface area contributed by atoms with Crippen molar-refractivity contribution in [2.75, 3.05) is 11.9 Å². The first kappa shape index (κ1) is 22.5. The van der Waals surface area contributed by atoms with Gasteiger partial charge < -0.3 is 5.32 Å². The summed E-state index contributed by atoms with van der Waals surface area (Å²) in [6, 6.07) is 13.8. The highest BCUT2D eigenvalue weighted by atomic mass is 35.5. The number of hydrogen-bond donors (Lipinski definition) is 1. The van der Waals surface area contributed by atoms with E-state index < -0.39 is 15.9 Å². The van der Waals surface area contributed by atoms with E-state index in [0.29, 0.717) is 24.3 Å². The first-order valence-corrected chi connectivity index (χ1v) is 12.5. The lowest BCUT2D eigenvalue weighted by atomic mass is 10.0. The Balaban J connectivity index is 1.42. The number of rotatable bonds is 4. The molecule has 1 aliphatic rings. The van der Waals surface area contributed by atoms with Gasteiger partial charge in [0, 0.05) is 31.1 Å². The molecule has 10 heteroatoms. The van der Waals surface area contributed by atoms with Crippen LogP contribution in [-0.4, -0.2) is 39.9 Å². The molecule has 4 aromatic rings. The molecule has 1 aliphatic heterocycles. The fourth-order valence-corrected chi connectivity index (χ4v) is 6.16. The normalized spacial score (nSPS) is 14.2. The number of hydrogen-bond acceptors (Lipinski definition) is 5. The van der Waals surface area contributed by atoms with Crippen molar-refractivity contribution in [3.05, 3.63) is 82.1 Å². The average Bonchev–Trinajstić information content (AvgIpc) is 3.11. The second-order valence-corrected chi connectivity index (χ2v) is 10.6. The van der Waals surface area contributed by atoms with E-state index in [4.69, 9.17) is 11.6 Å². The molecule has 0 atom stereocenters. The van der Waals surface area contributed by atoms with Gasteiger partial charge in [0.05, 0.1) is 22.6 Å². The SMILES string of the molecule is Cc1nn(C)c2ncc(NC(=O)c3ccc(Cl)c(S(=O)(=O)N4CCc5ccccc5C4)c3)cc12. The number of halogens is 1. The second kappa shape index (κ2) is 8.50. The standard InChI is InChI=1S/C24H22ClN5O3S/c1-15-20-12-19(13-26-23(20)29(2)28-15)27-24(31)17-7-8-21(25)22(11-17)34(32,33)30-10-9-16-5-3-4-6-18(16)14-30/h3-8,11-13H,9-10,14H2,1-2H3,(H,27,31). The second-order valence-electron chi connectivity index (χ2n) is 8.26. The van der Waals surface area contributed by atoms with Gasteiger partial charge in [-0.1, -0.05) is 35.9 Å². The van der Waals surface area contributed by atoms with Crippen LogP contribution in [0.2, 0.25) is 5.02 Å². The Labute approximate surface area is 202 Å². The molecule has 1 N–H and O–H groups in total. The molecule has 1 amide bonds. The molecule has 0 spiro atoms. The molecule has 0 fully saturated rings. The van der Waals surface area contributed by atoms with Crippen LogP contribution in [0.1, 0.15) is 27.2 Å². The van der Waals surface area contributed by atoms with Crippen LogP contribution in [0.3, 0.4) is 0 Å². The summed E-state index contributed by atoms with van der Waals surface area (Å²) in [5.41, 5.74) is 4.28. The van der Waals surface area contributed by atoms with Crippen molar-refractivity contribution in [1.29, 1.82) is 0 Å². The molecule has 174 valence electrons. The van der Waals surface area contributed by atoms with E-state index in [1.165, 1.54) is 22.5 Å². The third-order valence-corrected chi connectivity index (χ3v) is 8.35. The van der Waals surface area contributed by atoms with Gasteiger partial charge in [0.2, 0.25) is 10.0 Å². The van der Waals surface area contributed by atoms with Crippen molar-refractivity contribution in [1.82, 2.24) is 19.1 Å². The summed E-state index contributed by atoms with van der Waals surface area (Å²) in [7, 11) is -2.10. The topological polar surface area (TPSA) is 97.2 Å². The number of aromatic nitrogens is 3. The average molecular weight is 496 g/mol. The molecule has 3 heterocycles. The number of nitrogens with zero attached hydrogens (tertiary/aromatic N) is 4. The Morgan fingerprint density at radius 3 is 2.68 bits per heavy atom. The van der Waals surface area contributed by atoms with Crippen molar-refractivity contribution in [3.8, 4) is 0 Å². The maximum absolute atomic E-state index is 13.4. The molecule has 0 saturated carbocycles. The van der Waals surface area contributed by atoms with Crippen LogP contribution in [-0.2, 0) is 30.0 Å². The number of amides is 1. The molecule has 5 rings (SSSR count). The van der Waals surface area contributed by atoms with Gasteiger partial charge >= 0.3 is 0 Å². The van der Waals surface area contributed by atoms with Crippen molar-refractivity contribution in [2.45, 2.75) is 24.8 Å². The van der Waals surface area contributed by atoms with Gasteiger partial charge in [-0.05, 0) is 48.7 Å². The first-order chi connectivity index (χ1) is 16.2. The summed E-state index contributed by atoms with van der Waals surface area (Å²) in [5.74, 6) is -0.459. The first-order valence-electron chi connectivity index (χ1n) is 10.7. The number of pyridine rings is 1. The smallest absolute Gasteiger partial charge is 0.255 e. The largest absolute Gasteiger partial charge is 0.321 e. The van der Waals surface area contributed by atoms with Gasteiger partial charge in [0.15, 0.2) is 5.65 Å². The van der Waals surface area contributed by atoms with E-state index in [0.717, 1.165) is 22.2 Å². The van der Waals surface area contributed by atoms with Gasteiger partial charge in [-0.15, -0.1) is 0 Å². The minimum absolute atomic E-state index is 0.0736. The molecule has 0 bridgehead atoms. The summed E-state index contributed by atoms with van der Waals surface area (Å²) in [4.78, 5) is 17.2. The highest BCUT2D eigenvalue weighted by Gasteiger charge is 2.30. The zero-order chi connectivity index (χ0) is 24.0. The maximum Gasteiger partial charge on any atom is 0.255 e. The van der Waals surface area contributed by atoms with E-state index >= 15 is 0 Å². The Morgan fingerprint density at radius 2 is 1.88 bits per heavy atom.